The van der Waals surface area contributed by atoms with Gasteiger partial charge in [-0.1, -0.05) is 12.1 Å². The van der Waals surface area contributed by atoms with Gasteiger partial charge in [-0.05, 0) is 33.3 Å². The summed E-state index contributed by atoms with van der Waals surface area (Å²) in [5.74, 6) is -3.81. The number of ether oxygens (including phenoxy) is 5. The summed E-state index contributed by atoms with van der Waals surface area (Å²) in [6.07, 6.45) is -1.66. The lowest BCUT2D eigenvalue weighted by Crippen LogP contribution is -2.39. The lowest BCUT2D eigenvalue weighted by molar-refractivity contribution is -0.384. The number of nitrogens with two attached hydrogens (primary N) is 1. The first-order chi connectivity index (χ1) is 18.4. The van der Waals surface area contributed by atoms with Crippen molar-refractivity contribution in [3.8, 4) is 0 Å². The number of benzene rings is 1. The third kappa shape index (κ3) is 8.24. The molecule has 1 aliphatic heterocycles. The predicted octanol–water partition coefficient (Wildman–Crippen LogP) is 2.70. The Bertz CT molecular complexity index is 1200. The Balaban J connectivity index is 0.00000800. The van der Waals surface area contributed by atoms with Gasteiger partial charge < -0.3 is 29.4 Å². The molecule has 0 saturated heterocycles. The van der Waals surface area contributed by atoms with Gasteiger partial charge in [0.2, 0.25) is 6.79 Å². The monoisotopic (exact) mass is 585 g/mol. The Morgan fingerprint density at radius 3 is 2.20 bits per heavy atom. The fraction of sp³-hybridized carbons (Fsp3) is 0.440. The molecule has 14 nitrogen and oxygen atoms in total. The molecule has 1 aromatic rings. The average Bonchev–Trinajstić information content (AvgIpc) is 2.87. The fourth-order valence-electron chi connectivity index (χ4n) is 3.85. The molecule has 2 rings (SSSR count). The minimum absolute atomic E-state index is 0. The number of esters is 3. The average molecular weight is 586 g/mol. The Kier molecular flexibility index (Phi) is 13.2. The van der Waals surface area contributed by atoms with Crippen LogP contribution in [0.4, 0.5) is 10.5 Å². The number of nitro groups is 1. The topological polar surface area (TPSA) is 187 Å². The van der Waals surface area contributed by atoms with Crippen molar-refractivity contribution < 1.29 is 47.8 Å². The van der Waals surface area contributed by atoms with E-state index in [0.717, 1.165) is 4.90 Å². The highest BCUT2D eigenvalue weighted by atomic mass is 35.5. The van der Waals surface area contributed by atoms with Gasteiger partial charge in [-0.25, -0.2) is 14.4 Å². The third-order valence-corrected chi connectivity index (χ3v) is 5.50. The van der Waals surface area contributed by atoms with E-state index in [2.05, 4.69) is 4.74 Å². The lowest BCUT2D eigenvalue weighted by Gasteiger charge is -2.36. The molecule has 40 heavy (non-hydrogen) atoms. The van der Waals surface area contributed by atoms with Crippen molar-refractivity contribution in [3.05, 3.63) is 62.5 Å². The van der Waals surface area contributed by atoms with Crippen molar-refractivity contribution in [3.63, 3.8) is 0 Å². The van der Waals surface area contributed by atoms with Crippen molar-refractivity contribution in [1.29, 1.82) is 0 Å². The van der Waals surface area contributed by atoms with Crippen LogP contribution >= 0.6 is 12.4 Å². The molecule has 15 heteroatoms. The van der Waals surface area contributed by atoms with Crippen LogP contribution in [-0.4, -0.2) is 73.6 Å². The Morgan fingerprint density at radius 2 is 1.65 bits per heavy atom. The number of carbonyl (C=O) groups is 4. The second-order valence-corrected chi connectivity index (χ2v) is 8.45. The lowest BCUT2D eigenvalue weighted by atomic mass is 9.79. The van der Waals surface area contributed by atoms with E-state index in [9.17, 15) is 29.3 Å². The van der Waals surface area contributed by atoms with Crippen molar-refractivity contribution in [1.82, 2.24) is 4.90 Å². The number of hydrogen-bond acceptors (Lipinski definition) is 12. The zero-order valence-electron chi connectivity index (χ0n) is 22.7. The maximum Gasteiger partial charge on any atom is 0.421 e. The number of hydrogen-bond donors (Lipinski definition) is 1. The van der Waals surface area contributed by atoms with Crippen molar-refractivity contribution in [2.24, 2.45) is 5.73 Å². The molecule has 1 unspecified atom stereocenters. The van der Waals surface area contributed by atoms with Crippen molar-refractivity contribution in [2.75, 3.05) is 33.7 Å². The summed E-state index contributed by atoms with van der Waals surface area (Å²) in [5, 5.41) is 11.5. The normalized spacial score (nSPS) is 14.9. The molecule has 0 aromatic heterocycles. The van der Waals surface area contributed by atoms with Gasteiger partial charge >= 0.3 is 24.0 Å². The number of halogens is 1. The first kappa shape index (κ1) is 34.0. The highest BCUT2D eigenvalue weighted by Gasteiger charge is 2.43. The van der Waals surface area contributed by atoms with E-state index in [1.165, 1.54) is 45.2 Å². The standard InChI is InChI=1S/C25H31N3O11.ClH/c1-14(2)39-24(31)21-16(4)27(25(32)38-13-37-19(29)12-26)15(3)20(23(30)36-10-9-35-5)22(21)17-7-6-8-18(11-17)28(33)34;/h6-8,11,14,22H,9-10,12-13,26H2,1-5H3;1H. The minimum atomic E-state index is -1.20. The second-order valence-electron chi connectivity index (χ2n) is 8.45. The highest BCUT2D eigenvalue weighted by Crippen LogP contribution is 2.44. The highest BCUT2D eigenvalue weighted by molar-refractivity contribution is 6.01. The predicted molar refractivity (Wildman–Crippen MR) is 141 cm³/mol. The third-order valence-electron chi connectivity index (χ3n) is 5.50. The SMILES string of the molecule is COCCOC(=O)C1=C(C)N(C(=O)OCOC(=O)CN)C(C)=C(C(=O)OC(C)C)C1c1cccc([N+](=O)[O-])c1.Cl. The summed E-state index contributed by atoms with van der Waals surface area (Å²) in [6.45, 7) is 4.75. The van der Waals surface area contributed by atoms with Crippen LogP contribution in [0, 0.1) is 10.1 Å². The molecule has 0 bridgehead atoms. The number of rotatable bonds is 11. The molecule has 1 atom stereocenters. The first-order valence-electron chi connectivity index (χ1n) is 11.8. The first-order valence-corrected chi connectivity index (χ1v) is 11.8. The van der Waals surface area contributed by atoms with Gasteiger partial charge in [0, 0.05) is 30.6 Å². The Hall–Kier alpha value is -4.01. The second kappa shape index (κ2) is 15.5. The largest absolute Gasteiger partial charge is 0.460 e. The van der Waals surface area contributed by atoms with Gasteiger partial charge in [-0.15, -0.1) is 12.4 Å². The molecule has 0 aliphatic carbocycles. The van der Waals surface area contributed by atoms with Gasteiger partial charge in [0.05, 0.1) is 41.2 Å². The van der Waals surface area contributed by atoms with E-state index in [1.807, 2.05) is 0 Å². The van der Waals surface area contributed by atoms with E-state index in [4.69, 9.17) is 24.7 Å². The molecule has 1 aromatic carbocycles. The van der Waals surface area contributed by atoms with Crippen LogP contribution < -0.4 is 5.73 Å². The van der Waals surface area contributed by atoms with Gasteiger partial charge in [0.15, 0.2) is 0 Å². The molecule has 0 saturated carbocycles. The zero-order chi connectivity index (χ0) is 29.3. The zero-order valence-corrected chi connectivity index (χ0v) is 23.5. The molecule has 0 fully saturated rings. The number of nitrogens with zero attached hydrogens (tertiary/aromatic N) is 2. The summed E-state index contributed by atoms with van der Waals surface area (Å²) in [6, 6.07) is 5.39. The van der Waals surface area contributed by atoms with Crippen LogP contribution in [0.25, 0.3) is 0 Å². The van der Waals surface area contributed by atoms with Gasteiger partial charge in [0.25, 0.3) is 5.69 Å². The molecular weight excluding hydrogens is 554 g/mol. The van der Waals surface area contributed by atoms with Crippen molar-refractivity contribution in [2.45, 2.75) is 39.7 Å². The fourth-order valence-corrected chi connectivity index (χ4v) is 3.85. The van der Waals surface area contributed by atoms with Gasteiger partial charge in [0.1, 0.15) is 6.61 Å². The van der Waals surface area contributed by atoms with E-state index >= 15 is 0 Å². The molecule has 1 heterocycles. The van der Waals surface area contributed by atoms with Gasteiger partial charge in [-0.2, -0.15) is 0 Å². The number of non-ortho nitro benzene ring substituents is 1. The molecule has 0 spiro atoms. The number of methoxy groups -OCH3 is 1. The van der Waals surface area contributed by atoms with Crippen LogP contribution in [0.2, 0.25) is 0 Å². The van der Waals surface area contributed by atoms with Crippen LogP contribution in [0.3, 0.4) is 0 Å². The molecule has 1 aliphatic rings. The summed E-state index contributed by atoms with van der Waals surface area (Å²) in [7, 11) is 1.41. The molecular formula is C25H32ClN3O11. The van der Waals surface area contributed by atoms with E-state index in [0.29, 0.717) is 0 Å². The van der Waals surface area contributed by atoms with Crippen LogP contribution in [-0.2, 0) is 38.1 Å². The summed E-state index contributed by atoms with van der Waals surface area (Å²) < 4.78 is 25.4. The summed E-state index contributed by atoms with van der Waals surface area (Å²) in [4.78, 5) is 63.0. The van der Waals surface area contributed by atoms with E-state index < -0.39 is 54.3 Å². The van der Waals surface area contributed by atoms with Crippen molar-refractivity contribution >= 4 is 42.1 Å². The smallest absolute Gasteiger partial charge is 0.421 e. The molecule has 0 radical (unpaired) electrons. The van der Waals surface area contributed by atoms with Crippen LogP contribution in [0.5, 0.6) is 0 Å². The minimum Gasteiger partial charge on any atom is -0.460 e. The number of nitro benzene ring substituents is 1. The van der Waals surface area contributed by atoms with Crippen LogP contribution in [0.1, 0.15) is 39.2 Å². The summed E-state index contributed by atoms with van der Waals surface area (Å²) in [5.41, 5.74) is 4.83. The molecule has 220 valence electrons. The quantitative estimate of drug-likeness (QED) is 0.1000. The summed E-state index contributed by atoms with van der Waals surface area (Å²) >= 11 is 0. The van der Waals surface area contributed by atoms with Crippen LogP contribution in [0.15, 0.2) is 46.8 Å². The maximum atomic E-state index is 13.4. The number of carbonyl (C=O) groups excluding carboxylic acids is 4. The number of allylic oxidation sites excluding steroid dienone is 2. The Labute approximate surface area is 236 Å². The van der Waals surface area contributed by atoms with Gasteiger partial charge in [-0.3, -0.25) is 19.8 Å². The maximum absolute atomic E-state index is 13.4. The molecule has 2 N–H and O–H groups in total. The van der Waals surface area contributed by atoms with E-state index in [-0.39, 0.29) is 59.4 Å². The Morgan fingerprint density at radius 1 is 1.02 bits per heavy atom. The molecule has 1 amide bonds. The number of amides is 1. The van der Waals surface area contributed by atoms with E-state index in [1.54, 1.807) is 13.8 Å².